The van der Waals surface area contributed by atoms with Crippen molar-refractivity contribution < 1.29 is 0 Å². The van der Waals surface area contributed by atoms with Crippen LogP contribution in [0.2, 0.25) is 0 Å². The largest absolute Gasteiger partial charge is 0.335 e. The molecule has 148 valence electrons. The molecule has 8 heteroatoms. The molecule has 1 aromatic heterocycles. The molecule has 8 nitrogen and oxygen atoms in total. The Kier molecular flexibility index (Phi) is 5.90. The highest BCUT2D eigenvalue weighted by molar-refractivity contribution is 5.69. The summed E-state index contributed by atoms with van der Waals surface area (Å²) in [5.74, 6) is 0.378. The third-order valence-corrected chi connectivity index (χ3v) is 4.38. The molecule has 0 saturated heterocycles. The molecule has 0 aliphatic rings. The quantitative estimate of drug-likeness (QED) is 0.630. The van der Waals surface area contributed by atoms with Gasteiger partial charge in [-0.3, -0.25) is 4.79 Å². The summed E-state index contributed by atoms with van der Waals surface area (Å²) in [6.45, 7) is 3.83. The van der Waals surface area contributed by atoms with Gasteiger partial charge in [-0.15, -0.1) is 5.10 Å². The lowest BCUT2D eigenvalue weighted by molar-refractivity contribution is 0.699. The standard InChI is InChI=1S/C22H19N7O/c1-14-11-17(5-4-10-23)12-15(2)19(14)26-20-21(30)29(3)28-22(27-20)25-18-8-6-16(13-24)7-9-18/h4-9,11-12H,1-3H3,(H2,25,26,27,28). The van der Waals surface area contributed by atoms with Crippen LogP contribution in [0.15, 0.2) is 47.3 Å². The fourth-order valence-corrected chi connectivity index (χ4v) is 2.95. The molecule has 3 aromatic rings. The first-order chi connectivity index (χ1) is 14.4. The van der Waals surface area contributed by atoms with E-state index >= 15 is 0 Å². The highest BCUT2D eigenvalue weighted by Crippen LogP contribution is 2.25. The number of rotatable bonds is 5. The van der Waals surface area contributed by atoms with Crippen molar-refractivity contribution in [2.24, 2.45) is 7.05 Å². The van der Waals surface area contributed by atoms with Crippen molar-refractivity contribution in [2.75, 3.05) is 10.6 Å². The van der Waals surface area contributed by atoms with Gasteiger partial charge >= 0.3 is 5.56 Å². The molecule has 30 heavy (non-hydrogen) atoms. The third-order valence-electron chi connectivity index (χ3n) is 4.38. The number of benzene rings is 2. The minimum absolute atomic E-state index is 0.134. The molecule has 0 aliphatic heterocycles. The molecule has 1 heterocycles. The van der Waals surface area contributed by atoms with Crippen molar-refractivity contribution >= 4 is 29.2 Å². The Balaban J connectivity index is 1.93. The Morgan fingerprint density at radius 1 is 1.07 bits per heavy atom. The maximum absolute atomic E-state index is 12.6. The fraction of sp³-hybridized carbons (Fsp3) is 0.136. The van der Waals surface area contributed by atoms with Crippen molar-refractivity contribution in [1.29, 1.82) is 10.5 Å². The van der Waals surface area contributed by atoms with Crippen LogP contribution in [-0.2, 0) is 7.05 Å². The van der Waals surface area contributed by atoms with Gasteiger partial charge in [0.25, 0.3) is 0 Å². The SMILES string of the molecule is Cc1cc(C=CC#N)cc(C)c1Nc1nc(Nc2ccc(C#N)cc2)nn(C)c1=O. The lowest BCUT2D eigenvalue weighted by atomic mass is 10.0. The number of aromatic nitrogens is 3. The predicted octanol–water partition coefficient (Wildman–Crippen LogP) is 3.69. The van der Waals surface area contributed by atoms with Crippen molar-refractivity contribution in [3.8, 4) is 12.1 Å². The molecule has 0 atom stereocenters. The van der Waals surface area contributed by atoms with Crippen LogP contribution in [0.3, 0.4) is 0 Å². The Bertz CT molecular complexity index is 1240. The van der Waals surface area contributed by atoms with E-state index in [9.17, 15) is 4.79 Å². The zero-order valence-electron chi connectivity index (χ0n) is 16.8. The van der Waals surface area contributed by atoms with Crippen molar-refractivity contribution in [2.45, 2.75) is 13.8 Å². The Morgan fingerprint density at radius 2 is 1.73 bits per heavy atom. The van der Waals surface area contributed by atoms with Gasteiger partial charge in [0.15, 0.2) is 0 Å². The second-order valence-electron chi connectivity index (χ2n) is 6.64. The van der Waals surface area contributed by atoms with Gasteiger partial charge in [-0.1, -0.05) is 0 Å². The molecule has 2 aromatic carbocycles. The molecule has 0 amide bonds. The van der Waals surface area contributed by atoms with Gasteiger partial charge in [-0.2, -0.15) is 15.5 Å². The minimum atomic E-state index is -0.368. The molecule has 0 spiro atoms. The first kappa shape index (κ1) is 20.3. The first-order valence-corrected chi connectivity index (χ1v) is 9.08. The summed E-state index contributed by atoms with van der Waals surface area (Å²) < 4.78 is 1.20. The Hall–Kier alpha value is -4.43. The van der Waals surface area contributed by atoms with Crippen LogP contribution < -0.4 is 16.2 Å². The van der Waals surface area contributed by atoms with E-state index in [-0.39, 0.29) is 17.3 Å². The molecular formula is C22H19N7O. The fourth-order valence-electron chi connectivity index (χ4n) is 2.95. The summed E-state index contributed by atoms with van der Waals surface area (Å²) >= 11 is 0. The molecule has 0 bridgehead atoms. The molecule has 0 radical (unpaired) electrons. The van der Waals surface area contributed by atoms with Gasteiger partial charge in [0.05, 0.1) is 17.7 Å². The molecule has 3 rings (SSSR count). The van der Waals surface area contributed by atoms with Crippen LogP contribution in [0.25, 0.3) is 6.08 Å². The number of hydrogen-bond donors (Lipinski definition) is 2. The minimum Gasteiger partial charge on any atom is -0.335 e. The average Bonchev–Trinajstić information content (AvgIpc) is 2.73. The number of anilines is 4. The highest BCUT2D eigenvalue weighted by Gasteiger charge is 2.12. The summed E-state index contributed by atoms with van der Waals surface area (Å²) in [4.78, 5) is 16.9. The second kappa shape index (κ2) is 8.72. The van der Waals surface area contributed by atoms with E-state index in [0.717, 1.165) is 22.4 Å². The predicted molar refractivity (Wildman–Crippen MR) is 116 cm³/mol. The molecule has 2 N–H and O–H groups in total. The maximum Gasteiger partial charge on any atom is 0.309 e. The number of aryl methyl sites for hydroxylation is 3. The van der Waals surface area contributed by atoms with Gasteiger partial charge in [-0.25, -0.2) is 4.68 Å². The zero-order valence-corrected chi connectivity index (χ0v) is 16.8. The van der Waals surface area contributed by atoms with E-state index in [2.05, 4.69) is 26.8 Å². The molecular weight excluding hydrogens is 378 g/mol. The molecule has 0 fully saturated rings. The van der Waals surface area contributed by atoms with Gasteiger partial charge in [0, 0.05) is 24.5 Å². The van der Waals surface area contributed by atoms with E-state index in [1.165, 1.54) is 10.8 Å². The van der Waals surface area contributed by atoms with E-state index in [4.69, 9.17) is 10.5 Å². The van der Waals surface area contributed by atoms with Gasteiger partial charge in [0.1, 0.15) is 0 Å². The van der Waals surface area contributed by atoms with Crippen LogP contribution in [0.5, 0.6) is 0 Å². The monoisotopic (exact) mass is 397 g/mol. The Labute approximate surface area is 173 Å². The van der Waals surface area contributed by atoms with Gasteiger partial charge in [0.2, 0.25) is 11.8 Å². The second-order valence-corrected chi connectivity index (χ2v) is 6.64. The van der Waals surface area contributed by atoms with Crippen LogP contribution in [0.4, 0.5) is 23.1 Å². The van der Waals surface area contributed by atoms with Gasteiger partial charge < -0.3 is 10.6 Å². The van der Waals surface area contributed by atoms with E-state index < -0.39 is 0 Å². The number of nitrogens with zero attached hydrogens (tertiary/aromatic N) is 5. The summed E-state index contributed by atoms with van der Waals surface area (Å²) in [6.07, 6.45) is 3.15. The van der Waals surface area contributed by atoms with Crippen LogP contribution in [0.1, 0.15) is 22.3 Å². The van der Waals surface area contributed by atoms with Crippen molar-refractivity contribution in [3.63, 3.8) is 0 Å². The smallest absolute Gasteiger partial charge is 0.309 e. The van der Waals surface area contributed by atoms with Crippen LogP contribution >= 0.6 is 0 Å². The molecule has 0 aliphatic carbocycles. The van der Waals surface area contributed by atoms with E-state index in [1.807, 2.05) is 32.0 Å². The van der Waals surface area contributed by atoms with Gasteiger partial charge in [-0.05, 0) is 73.0 Å². The number of hydrogen-bond acceptors (Lipinski definition) is 7. The number of allylic oxidation sites excluding steroid dienone is 1. The highest BCUT2D eigenvalue weighted by atomic mass is 16.1. The van der Waals surface area contributed by atoms with E-state index in [1.54, 1.807) is 37.4 Å². The van der Waals surface area contributed by atoms with Crippen LogP contribution in [0, 0.1) is 36.5 Å². The maximum atomic E-state index is 12.6. The van der Waals surface area contributed by atoms with Crippen molar-refractivity contribution in [1.82, 2.24) is 14.8 Å². The topological polar surface area (TPSA) is 119 Å². The first-order valence-electron chi connectivity index (χ1n) is 9.08. The average molecular weight is 397 g/mol. The lowest BCUT2D eigenvalue weighted by Gasteiger charge is -2.14. The lowest BCUT2D eigenvalue weighted by Crippen LogP contribution is -2.25. The molecule has 0 unspecified atom stereocenters. The number of nitrogens with one attached hydrogen (secondary N) is 2. The summed E-state index contributed by atoms with van der Waals surface area (Å²) in [6, 6.07) is 14.7. The third kappa shape index (κ3) is 4.51. The summed E-state index contributed by atoms with van der Waals surface area (Å²) in [5.41, 5.74) is 4.36. The van der Waals surface area contributed by atoms with Crippen LogP contribution in [-0.4, -0.2) is 14.8 Å². The zero-order chi connectivity index (χ0) is 21.7. The van der Waals surface area contributed by atoms with E-state index in [0.29, 0.717) is 11.3 Å². The normalized spacial score (nSPS) is 10.4. The van der Waals surface area contributed by atoms with Crippen molar-refractivity contribution in [3.05, 3.63) is 75.1 Å². The Morgan fingerprint density at radius 3 is 2.33 bits per heavy atom. The summed E-state index contributed by atoms with van der Waals surface area (Å²) in [7, 11) is 1.55. The number of nitriles is 2. The molecule has 0 saturated carbocycles. The summed E-state index contributed by atoms with van der Waals surface area (Å²) in [5, 5.41) is 27.9.